The minimum Gasteiger partial charge on any atom is -0.508 e. The van der Waals surface area contributed by atoms with E-state index in [1.54, 1.807) is 12.1 Å². The number of aromatic hydroxyl groups is 1. The van der Waals surface area contributed by atoms with E-state index in [9.17, 15) is 27.9 Å². The molecule has 0 bridgehead atoms. The normalized spacial score (nSPS) is 18.2. The van der Waals surface area contributed by atoms with Gasteiger partial charge in [-0.25, -0.2) is 4.79 Å². The molecule has 200 valence electrons. The number of piperidine rings is 1. The zero-order valence-corrected chi connectivity index (χ0v) is 20.3. The van der Waals surface area contributed by atoms with Crippen molar-refractivity contribution in [3.8, 4) is 23.0 Å². The monoisotopic (exact) mass is 524 g/mol. The Morgan fingerprint density at radius 3 is 2.30 bits per heavy atom. The number of halogens is 3. The van der Waals surface area contributed by atoms with Crippen LogP contribution in [0, 0.1) is 0 Å². The highest BCUT2D eigenvalue weighted by molar-refractivity contribution is 5.90. The number of benzene rings is 2. The van der Waals surface area contributed by atoms with E-state index < -0.39 is 36.0 Å². The molecular formula is C25H27F3N2O7. The maximum Gasteiger partial charge on any atom is 0.490 e. The van der Waals surface area contributed by atoms with Crippen molar-refractivity contribution < 1.29 is 46.8 Å². The number of esters is 1. The minimum atomic E-state index is -5.20. The Morgan fingerprint density at radius 1 is 1.11 bits per heavy atom. The van der Waals surface area contributed by atoms with Crippen molar-refractivity contribution in [2.75, 3.05) is 31.6 Å². The van der Waals surface area contributed by atoms with Crippen LogP contribution in [0.5, 0.6) is 23.0 Å². The van der Waals surface area contributed by atoms with E-state index >= 15 is 0 Å². The Hall–Kier alpha value is -3.67. The minimum absolute atomic E-state index is 0.00704. The van der Waals surface area contributed by atoms with Crippen LogP contribution in [-0.2, 0) is 14.3 Å². The van der Waals surface area contributed by atoms with Crippen LogP contribution in [0.2, 0.25) is 0 Å². The number of carbonyl (C=O) groups excluding carboxylic acids is 2. The average Bonchev–Trinajstić information content (AvgIpc) is 3.18. The number of hydrogen-bond donors (Lipinski definition) is 2. The van der Waals surface area contributed by atoms with Crippen molar-refractivity contribution in [2.24, 2.45) is 0 Å². The van der Waals surface area contributed by atoms with Crippen molar-refractivity contribution in [1.29, 1.82) is 0 Å². The van der Waals surface area contributed by atoms with Gasteiger partial charge in [-0.15, -0.1) is 0 Å². The number of rotatable bonds is 7. The number of likely N-dealkylation sites (tertiary alicyclic amines) is 1. The SMILES string of the molecule is CC(=O)Nc1ccc(O)cc1OCC(C)(CN1CCC2(CC1)Oc1ccccc1O2)OC(=O)C(F)(F)F. The van der Waals surface area contributed by atoms with E-state index in [-0.39, 0.29) is 23.7 Å². The number of phenolic OH excluding ortho intramolecular Hbond substituents is 1. The number of ether oxygens (including phenoxy) is 4. The molecule has 0 radical (unpaired) electrons. The van der Waals surface area contributed by atoms with Crippen LogP contribution in [0.3, 0.4) is 0 Å². The molecule has 1 amide bonds. The first-order chi connectivity index (χ1) is 17.4. The Labute approximate surface area is 211 Å². The van der Waals surface area contributed by atoms with E-state index in [0.717, 1.165) is 0 Å². The molecule has 0 saturated carbocycles. The quantitative estimate of drug-likeness (QED) is 0.416. The molecule has 1 saturated heterocycles. The van der Waals surface area contributed by atoms with Gasteiger partial charge in [0.2, 0.25) is 5.91 Å². The topological polar surface area (TPSA) is 107 Å². The summed E-state index contributed by atoms with van der Waals surface area (Å²) in [5.41, 5.74) is -1.53. The van der Waals surface area contributed by atoms with Gasteiger partial charge >= 0.3 is 12.1 Å². The van der Waals surface area contributed by atoms with Gasteiger partial charge in [0.15, 0.2) is 17.1 Å². The first-order valence-electron chi connectivity index (χ1n) is 11.6. The van der Waals surface area contributed by atoms with E-state index in [4.69, 9.17) is 18.9 Å². The second-order valence-corrected chi connectivity index (χ2v) is 9.33. The van der Waals surface area contributed by atoms with Crippen molar-refractivity contribution in [1.82, 2.24) is 4.90 Å². The molecule has 2 heterocycles. The number of nitrogens with one attached hydrogen (secondary N) is 1. The third-order valence-electron chi connectivity index (χ3n) is 6.00. The molecule has 2 aliphatic heterocycles. The van der Waals surface area contributed by atoms with Gasteiger partial charge in [-0.1, -0.05) is 12.1 Å². The molecule has 2 N–H and O–H groups in total. The molecule has 1 atom stereocenters. The standard InChI is InChI=1S/C25H27F3N2O7/c1-16(31)29-18-8-7-17(32)13-21(18)34-15-23(2,37-22(33)25(26,27)28)14-30-11-9-24(10-12-30)35-19-5-3-4-6-20(19)36-24/h3-8,13,32H,9-12,14-15H2,1-2H3,(H,29,31). The van der Waals surface area contributed by atoms with Gasteiger partial charge < -0.3 is 29.4 Å². The van der Waals surface area contributed by atoms with Gasteiger partial charge in [0, 0.05) is 45.5 Å². The highest BCUT2D eigenvalue weighted by Crippen LogP contribution is 2.43. The lowest BCUT2D eigenvalue weighted by molar-refractivity contribution is -0.217. The van der Waals surface area contributed by atoms with Crippen molar-refractivity contribution >= 4 is 17.6 Å². The van der Waals surface area contributed by atoms with Gasteiger partial charge in [-0.05, 0) is 31.2 Å². The van der Waals surface area contributed by atoms with Crippen LogP contribution < -0.4 is 19.5 Å². The van der Waals surface area contributed by atoms with E-state index in [2.05, 4.69) is 5.32 Å². The van der Waals surface area contributed by atoms with E-state index in [1.807, 2.05) is 17.0 Å². The number of nitrogens with zero attached hydrogens (tertiary/aromatic N) is 1. The molecule has 1 spiro atoms. The molecule has 2 aromatic rings. The van der Waals surface area contributed by atoms with Crippen molar-refractivity contribution in [3.63, 3.8) is 0 Å². The maximum absolute atomic E-state index is 13.1. The Bertz CT molecular complexity index is 1140. The second kappa shape index (κ2) is 10.0. The predicted molar refractivity (Wildman–Crippen MR) is 125 cm³/mol. The summed E-state index contributed by atoms with van der Waals surface area (Å²) < 4.78 is 61.8. The largest absolute Gasteiger partial charge is 0.508 e. The fourth-order valence-electron chi connectivity index (χ4n) is 4.31. The van der Waals surface area contributed by atoms with Crippen molar-refractivity contribution in [2.45, 2.75) is 44.3 Å². The second-order valence-electron chi connectivity index (χ2n) is 9.33. The number of anilines is 1. The van der Waals surface area contributed by atoms with Crippen LogP contribution in [0.25, 0.3) is 0 Å². The molecule has 0 aliphatic carbocycles. The fraction of sp³-hybridized carbons (Fsp3) is 0.440. The molecule has 1 unspecified atom stereocenters. The Kier molecular flexibility index (Phi) is 7.13. The van der Waals surface area contributed by atoms with Crippen LogP contribution in [0.4, 0.5) is 18.9 Å². The van der Waals surface area contributed by atoms with Crippen LogP contribution in [0.15, 0.2) is 42.5 Å². The van der Waals surface area contributed by atoms with Crippen LogP contribution in [0.1, 0.15) is 26.7 Å². The highest BCUT2D eigenvalue weighted by atomic mass is 19.4. The Morgan fingerprint density at radius 2 is 1.73 bits per heavy atom. The lowest BCUT2D eigenvalue weighted by Crippen LogP contribution is -2.55. The fourth-order valence-corrected chi connectivity index (χ4v) is 4.31. The first-order valence-corrected chi connectivity index (χ1v) is 11.6. The molecule has 1 fully saturated rings. The summed E-state index contributed by atoms with van der Waals surface area (Å²) in [5.74, 6) is -2.52. The number of para-hydroxylation sites is 2. The summed E-state index contributed by atoms with van der Waals surface area (Å²) in [6.45, 7) is 2.84. The zero-order valence-electron chi connectivity index (χ0n) is 20.3. The lowest BCUT2D eigenvalue weighted by Gasteiger charge is -2.41. The summed E-state index contributed by atoms with van der Waals surface area (Å²) in [7, 11) is 0. The van der Waals surface area contributed by atoms with Crippen LogP contribution >= 0.6 is 0 Å². The summed E-state index contributed by atoms with van der Waals surface area (Å²) >= 11 is 0. The molecule has 2 aromatic carbocycles. The molecule has 2 aliphatic rings. The first kappa shape index (κ1) is 26.4. The molecular weight excluding hydrogens is 497 g/mol. The summed E-state index contributed by atoms with van der Waals surface area (Å²) in [4.78, 5) is 25.1. The molecule has 37 heavy (non-hydrogen) atoms. The average molecular weight is 524 g/mol. The third kappa shape index (κ3) is 6.37. The van der Waals surface area contributed by atoms with Crippen molar-refractivity contribution in [3.05, 3.63) is 42.5 Å². The Balaban J connectivity index is 1.46. The van der Waals surface area contributed by atoms with Gasteiger partial charge in [0.05, 0.1) is 5.69 Å². The van der Waals surface area contributed by atoms with E-state index in [1.165, 1.54) is 32.0 Å². The highest BCUT2D eigenvalue weighted by Gasteiger charge is 2.48. The van der Waals surface area contributed by atoms with E-state index in [0.29, 0.717) is 37.4 Å². The van der Waals surface area contributed by atoms with Gasteiger partial charge in [-0.2, -0.15) is 13.2 Å². The summed E-state index contributed by atoms with van der Waals surface area (Å²) in [5, 5.41) is 12.3. The smallest absolute Gasteiger partial charge is 0.490 e. The number of fused-ring (bicyclic) bond motifs is 1. The maximum atomic E-state index is 13.1. The summed E-state index contributed by atoms with van der Waals surface area (Å²) in [6, 6.07) is 11.2. The van der Waals surface area contributed by atoms with Gasteiger partial charge in [0.1, 0.15) is 18.1 Å². The number of hydrogen-bond acceptors (Lipinski definition) is 8. The molecule has 12 heteroatoms. The number of alkyl halides is 3. The van der Waals surface area contributed by atoms with Crippen LogP contribution in [-0.4, -0.2) is 65.7 Å². The molecule has 9 nitrogen and oxygen atoms in total. The number of phenols is 1. The van der Waals surface area contributed by atoms with Gasteiger partial charge in [-0.3, -0.25) is 9.69 Å². The number of amides is 1. The third-order valence-corrected chi connectivity index (χ3v) is 6.00. The molecule has 0 aromatic heterocycles. The molecule has 4 rings (SSSR count). The zero-order chi connectivity index (χ0) is 26.8. The number of carbonyl (C=O) groups is 2. The van der Waals surface area contributed by atoms with Gasteiger partial charge in [0.25, 0.3) is 5.79 Å². The predicted octanol–water partition coefficient (Wildman–Crippen LogP) is 3.86. The summed E-state index contributed by atoms with van der Waals surface area (Å²) in [6.07, 6.45) is -4.33. The lowest BCUT2D eigenvalue weighted by atomic mass is 10.0.